The van der Waals surface area contributed by atoms with E-state index in [9.17, 15) is 43.2 Å². The van der Waals surface area contributed by atoms with Gasteiger partial charge in [-0.25, -0.2) is 9.13 Å². The summed E-state index contributed by atoms with van der Waals surface area (Å²) in [6.07, 6.45) is 73.5. The minimum absolute atomic E-state index is 0.108. The zero-order valence-corrected chi connectivity index (χ0v) is 73.0. The lowest BCUT2D eigenvalue weighted by Crippen LogP contribution is -2.30. The quantitative estimate of drug-likeness (QED) is 0.0222. The molecule has 0 aromatic heterocycles. The van der Waals surface area contributed by atoms with Crippen LogP contribution in [0.5, 0.6) is 0 Å². The summed E-state index contributed by atoms with van der Waals surface area (Å²) in [6.45, 7) is 9.76. The summed E-state index contributed by atoms with van der Waals surface area (Å²) in [5.41, 5.74) is 0. The maximum absolute atomic E-state index is 13.2. The molecule has 642 valence electrons. The molecule has 6 atom stereocenters. The van der Waals surface area contributed by atoms with Crippen molar-refractivity contribution in [3.63, 3.8) is 0 Å². The Kier molecular flexibility index (Phi) is 78.8. The Morgan fingerprint density at radius 3 is 0.704 bits per heavy atom. The van der Waals surface area contributed by atoms with E-state index in [2.05, 4.69) is 41.5 Å². The van der Waals surface area contributed by atoms with Crippen LogP contribution in [0.4, 0.5) is 0 Å². The van der Waals surface area contributed by atoms with E-state index < -0.39 is 97.5 Å². The maximum atomic E-state index is 13.2. The van der Waals surface area contributed by atoms with Crippen LogP contribution in [0, 0.1) is 11.8 Å². The molecule has 0 saturated carbocycles. The SMILES string of the molecule is CCCCCCCCCCCCCCCCCCCCCCCCC(=O)O[C@H](COC(=O)CCCCCCCCCCCCCCCCC(C)CC)COP(=O)(O)OC[C@@H](O)COP(=O)(O)OC[C@@H](COC(=O)CCCCCCCCCCCCC)OC(=O)CCCCCCCCCCCCCCCCC(C)C. The van der Waals surface area contributed by atoms with Crippen molar-refractivity contribution in [1.82, 2.24) is 0 Å². The Labute approximate surface area is 664 Å². The van der Waals surface area contributed by atoms with Gasteiger partial charge in [0.1, 0.15) is 19.3 Å². The molecule has 0 fully saturated rings. The molecular formula is C89H174O17P2. The first-order valence-corrected chi connectivity index (χ1v) is 49.0. The average molecular weight is 1580 g/mol. The third-order valence-corrected chi connectivity index (χ3v) is 23.2. The van der Waals surface area contributed by atoms with Gasteiger partial charge in [-0.2, -0.15) is 0 Å². The predicted molar refractivity (Wildman–Crippen MR) is 446 cm³/mol. The molecule has 0 aliphatic carbocycles. The predicted octanol–water partition coefficient (Wildman–Crippen LogP) is 27.4. The van der Waals surface area contributed by atoms with E-state index in [0.29, 0.717) is 25.7 Å². The molecule has 0 aromatic rings. The first-order valence-electron chi connectivity index (χ1n) is 46.0. The maximum Gasteiger partial charge on any atom is 0.472 e. The smallest absolute Gasteiger partial charge is 0.462 e. The van der Waals surface area contributed by atoms with E-state index in [0.717, 1.165) is 102 Å². The number of unbranched alkanes of at least 4 members (excludes halogenated alkanes) is 57. The van der Waals surface area contributed by atoms with E-state index in [4.69, 9.17) is 37.0 Å². The molecule has 0 spiro atoms. The van der Waals surface area contributed by atoms with Gasteiger partial charge in [0.05, 0.1) is 26.4 Å². The molecule has 19 heteroatoms. The number of esters is 4. The number of aliphatic hydroxyl groups is 1. The first-order chi connectivity index (χ1) is 52.4. The number of hydrogen-bond donors (Lipinski definition) is 3. The third-order valence-electron chi connectivity index (χ3n) is 21.3. The number of carbonyl (C=O) groups excluding carboxylic acids is 4. The monoisotopic (exact) mass is 1580 g/mol. The second-order valence-corrected chi connectivity index (χ2v) is 35.6. The molecule has 0 bridgehead atoms. The molecule has 0 amide bonds. The van der Waals surface area contributed by atoms with Gasteiger partial charge in [-0.15, -0.1) is 0 Å². The Morgan fingerprint density at radius 2 is 0.472 bits per heavy atom. The highest BCUT2D eigenvalue weighted by molar-refractivity contribution is 7.47. The van der Waals surface area contributed by atoms with E-state index in [1.807, 2.05) is 0 Å². The number of hydrogen-bond acceptors (Lipinski definition) is 15. The van der Waals surface area contributed by atoms with Crippen molar-refractivity contribution in [2.24, 2.45) is 11.8 Å². The molecule has 0 heterocycles. The topological polar surface area (TPSA) is 237 Å². The van der Waals surface area contributed by atoms with Crippen LogP contribution in [0.1, 0.15) is 478 Å². The van der Waals surface area contributed by atoms with Gasteiger partial charge in [0.25, 0.3) is 0 Å². The van der Waals surface area contributed by atoms with E-state index in [1.165, 1.54) is 295 Å². The lowest BCUT2D eigenvalue weighted by Gasteiger charge is -2.21. The van der Waals surface area contributed by atoms with Crippen molar-refractivity contribution in [3.8, 4) is 0 Å². The van der Waals surface area contributed by atoms with Crippen LogP contribution in [0.25, 0.3) is 0 Å². The molecule has 0 aliphatic rings. The minimum atomic E-state index is -4.97. The molecule has 17 nitrogen and oxygen atoms in total. The molecule has 108 heavy (non-hydrogen) atoms. The highest BCUT2D eigenvalue weighted by Gasteiger charge is 2.31. The number of carbonyl (C=O) groups is 4. The molecule has 3 unspecified atom stereocenters. The van der Waals surface area contributed by atoms with Crippen molar-refractivity contribution in [2.45, 2.75) is 496 Å². The van der Waals surface area contributed by atoms with Crippen LogP contribution in [0.2, 0.25) is 0 Å². The normalized spacial score (nSPS) is 14.0. The van der Waals surface area contributed by atoms with E-state index in [1.54, 1.807) is 0 Å². The van der Waals surface area contributed by atoms with Crippen LogP contribution in [0.3, 0.4) is 0 Å². The number of aliphatic hydroxyl groups excluding tert-OH is 1. The molecule has 0 rings (SSSR count). The van der Waals surface area contributed by atoms with Crippen molar-refractivity contribution < 1.29 is 80.2 Å². The highest BCUT2D eigenvalue weighted by Crippen LogP contribution is 2.45. The van der Waals surface area contributed by atoms with Gasteiger partial charge in [-0.05, 0) is 37.5 Å². The van der Waals surface area contributed by atoms with Crippen molar-refractivity contribution in [2.75, 3.05) is 39.6 Å². The zero-order chi connectivity index (χ0) is 79.2. The molecule has 0 radical (unpaired) electrons. The molecular weight excluding hydrogens is 1400 g/mol. The summed E-state index contributed by atoms with van der Waals surface area (Å²) in [5.74, 6) is -0.453. The van der Waals surface area contributed by atoms with Crippen molar-refractivity contribution in [1.29, 1.82) is 0 Å². The number of phosphoric acid groups is 2. The molecule has 0 aromatic carbocycles. The van der Waals surface area contributed by atoms with Gasteiger partial charge in [0.15, 0.2) is 12.2 Å². The Balaban J connectivity index is 5.23. The Bertz CT molecular complexity index is 2070. The summed E-state index contributed by atoms with van der Waals surface area (Å²) >= 11 is 0. The van der Waals surface area contributed by atoms with Gasteiger partial charge < -0.3 is 33.8 Å². The number of phosphoric ester groups is 2. The van der Waals surface area contributed by atoms with Gasteiger partial charge in [0.2, 0.25) is 0 Å². The molecule has 3 N–H and O–H groups in total. The fourth-order valence-corrected chi connectivity index (χ4v) is 15.5. The fraction of sp³-hybridized carbons (Fsp3) is 0.955. The summed E-state index contributed by atoms with van der Waals surface area (Å²) in [5, 5.41) is 10.7. The lowest BCUT2D eigenvalue weighted by molar-refractivity contribution is -0.161. The van der Waals surface area contributed by atoms with Gasteiger partial charge in [0, 0.05) is 25.7 Å². The van der Waals surface area contributed by atoms with Crippen LogP contribution >= 0.6 is 15.6 Å². The summed E-state index contributed by atoms with van der Waals surface area (Å²) in [6, 6.07) is 0. The molecule has 0 aliphatic heterocycles. The van der Waals surface area contributed by atoms with Gasteiger partial charge >= 0.3 is 39.5 Å². The van der Waals surface area contributed by atoms with Crippen molar-refractivity contribution in [3.05, 3.63) is 0 Å². The lowest BCUT2D eigenvalue weighted by atomic mass is 9.99. The largest absolute Gasteiger partial charge is 0.472 e. The highest BCUT2D eigenvalue weighted by atomic mass is 31.2. The zero-order valence-electron chi connectivity index (χ0n) is 71.2. The van der Waals surface area contributed by atoms with E-state index in [-0.39, 0.29) is 25.7 Å². The summed E-state index contributed by atoms with van der Waals surface area (Å²) in [7, 11) is -9.93. The van der Waals surface area contributed by atoms with Crippen LogP contribution in [0.15, 0.2) is 0 Å². The van der Waals surface area contributed by atoms with Crippen LogP contribution in [-0.2, 0) is 65.4 Å². The standard InChI is InChI=1S/C89H174O17P2/c1-7-10-12-14-16-18-20-21-22-23-24-25-26-27-28-29-37-43-49-55-61-67-73-88(93)106-85(78-100-87(92)72-66-60-54-48-42-36-33-31-35-41-46-52-58-64-70-82(6)9-3)80-104-108(97,98)102-76-83(90)75-101-107(95,96)103-79-84(77-99-86(91)71-65-59-53-47-39-19-17-15-13-11-8-2)105-89(94)74-68-62-56-50-44-38-32-30-34-40-45-51-57-63-69-81(4)5/h81-85,90H,7-80H2,1-6H3,(H,95,96)(H,97,98)/t82?,83-,84+,85+/m0/s1. The van der Waals surface area contributed by atoms with Gasteiger partial charge in [-0.1, -0.05) is 427 Å². The molecule has 0 saturated heterocycles. The Hall–Kier alpha value is -1.94. The summed E-state index contributed by atoms with van der Waals surface area (Å²) < 4.78 is 69.0. The summed E-state index contributed by atoms with van der Waals surface area (Å²) in [4.78, 5) is 73.3. The second kappa shape index (κ2) is 80.3. The van der Waals surface area contributed by atoms with Crippen LogP contribution in [-0.4, -0.2) is 96.7 Å². The Morgan fingerprint density at radius 1 is 0.269 bits per heavy atom. The first kappa shape index (κ1) is 106. The van der Waals surface area contributed by atoms with Crippen molar-refractivity contribution >= 4 is 39.5 Å². The number of ether oxygens (including phenoxy) is 4. The average Bonchev–Trinajstić information content (AvgIpc) is 0.899. The van der Waals surface area contributed by atoms with Gasteiger partial charge in [-0.3, -0.25) is 37.3 Å². The van der Waals surface area contributed by atoms with Crippen LogP contribution < -0.4 is 0 Å². The number of rotatable bonds is 88. The minimum Gasteiger partial charge on any atom is -0.462 e. The van der Waals surface area contributed by atoms with E-state index >= 15 is 0 Å². The second-order valence-electron chi connectivity index (χ2n) is 32.7. The third kappa shape index (κ3) is 80.7. The fourth-order valence-electron chi connectivity index (χ4n) is 13.9.